The molecular formula is C11H14N4O5. The normalized spacial score (nSPS) is 30.1. The summed E-state index contributed by atoms with van der Waals surface area (Å²) in [5, 5.41) is 19.5. The fraction of sp³-hybridized carbons (Fsp3) is 0.545. The molecule has 0 amide bonds. The van der Waals surface area contributed by atoms with Crippen molar-refractivity contribution < 1.29 is 19.7 Å². The molecule has 4 atom stereocenters. The molecular weight excluding hydrogens is 268 g/mol. The Hall–Kier alpha value is -1.81. The van der Waals surface area contributed by atoms with Gasteiger partial charge in [-0.05, 0) is 0 Å². The van der Waals surface area contributed by atoms with Gasteiger partial charge in [0.05, 0.1) is 19.3 Å². The van der Waals surface area contributed by atoms with Crippen molar-refractivity contribution in [3.63, 3.8) is 0 Å². The Morgan fingerprint density at radius 1 is 1.55 bits per heavy atom. The van der Waals surface area contributed by atoms with Crippen LogP contribution in [0.4, 0.5) is 0 Å². The molecule has 0 radical (unpaired) electrons. The summed E-state index contributed by atoms with van der Waals surface area (Å²) < 4.78 is 12.2. The van der Waals surface area contributed by atoms with E-state index in [1.165, 1.54) is 24.3 Å². The highest BCUT2D eigenvalue weighted by molar-refractivity contribution is 5.68. The van der Waals surface area contributed by atoms with Crippen LogP contribution in [0.2, 0.25) is 0 Å². The Morgan fingerprint density at radius 2 is 2.35 bits per heavy atom. The van der Waals surface area contributed by atoms with Gasteiger partial charge in [0.1, 0.15) is 18.3 Å². The predicted octanol–water partition coefficient (Wildman–Crippen LogP) is -1.61. The zero-order valence-corrected chi connectivity index (χ0v) is 10.6. The Balaban J connectivity index is 2.04. The molecule has 0 aliphatic carbocycles. The van der Waals surface area contributed by atoms with Crippen molar-refractivity contribution >= 4 is 11.2 Å². The molecule has 2 aromatic heterocycles. The first-order valence-electron chi connectivity index (χ1n) is 6.04. The summed E-state index contributed by atoms with van der Waals surface area (Å²) in [5.74, 6) is 0. The van der Waals surface area contributed by atoms with E-state index < -0.39 is 24.5 Å². The second-order valence-corrected chi connectivity index (χ2v) is 4.49. The van der Waals surface area contributed by atoms with E-state index in [1.807, 2.05) is 0 Å². The number of ether oxygens (including phenoxy) is 2. The summed E-state index contributed by atoms with van der Waals surface area (Å²) in [6, 6.07) is 0. The summed E-state index contributed by atoms with van der Waals surface area (Å²) in [6.07, 6.45) is -0.523. The number of aliphatic hydroxyl groups excluding tert-OH is 2. The summed E-state index contributed by atoms with van der Waals surface area (Å²) in [7, 11) is 1.43. The minimum Gasteiger partial charge on any atom is -0.394 e. The summed E-state index contributed by atoms with van der Waals surface area (Å²) in [6.45, 7) is -0.285. The van der Waals surface area contributed by atoms with Crippen molar-refractivity contribution in [1.82, 2.24) is 19.5 Å². The fourth-order valence-corrected chi connectivity index (χ4v) is 2.44. The first-order valence-corrected chi connectivity index (χ1v) is 6.04. The van der Waals surface area contributed by atoms with E-state index in [4.69, 9.17) is 9.47 Å². The van der Waals surface area contributed by atoms with Gasteiger partial charge in [-0.15, -0.1) is 0 Å². The minimum absolute atomic E-state index is 0.157. The van der Waals surface area contributed by atoms with Gasteiger partial charge in [0.25, 0.3) is 5.56 Å². The molecule has 3 heterocycles. The van der Waals surface area contributed by atoms with Crippen molar-refractivity contribution in [2.75, 3.05) is 13.7 Å². The van der Waals surface area contributed by atoms with E-state index in [0.717, 1.165) is 0 Å². The van der Waals surface area contributed by atoms with Crippen molar-refractivity contribution in [3.05, 3.63) is 23.0 Å². The summed E-state index contributed by atoms with van der Waals surface area (Å²) >= 11 is 0. The third kappa shape index (κ3) is 1.83. The number of aromatic nitrogens is 4. The number of H-pyrrole nitrogens is 1. The van der Waals surface area contributed by atoms with Gasteiger partial charge in [-0.2, -0.15) is 0 Å². The molecule has 1 aliphatic rings. The lowest BCUT2D eigenvalue weighted by Gasteiger charge is -2.17. The molecule has 2 unspecified atom stereocenters. The molecule has 0 bridgehead atoms. The number of rotatable bonds is 3. The molecule has 0 spiro atoms. The number of nitrogens with zero attached hydrogens (tertiary/aromatic N) is 3. The van der Waals surface area contributed by atoms with E-state index in [-0.39, 0.29) is 17.7 Å². The van der Waals surface area contributed by atoms with Gasteiger partial charge in [-0.1, -0.05) is 0 Å². The van der Waals surface area contributed by atoms with Gasteiger partial charge in [0.15, 0.2) is 17.4 Å². The van der Waals surface area contributed by atoms with Crippen LogP contribution in [-0.4, -0.2) is 61.8 Å². The Kier molecular flexibility index (Phi) is 3.26. The standard InChI is InChI=1S/C11H14N4O5/c1-19-8-5(2-16)20-11(7(8)17)15-4-14-6-9(15)12-3-13-10(6)18/h3-5,7-8,11,16-17H,2H2,1H3,(H,12,13,18)/t5-,7?,8?,11-/m1/s1. The van der Waals surface area contributed by atoms with Gasteiger partial charge in [-0.25, -0.2) is 9.97 Å². The third-order valence-electron chi connectivity index (χ3n) is 3.40. The number of aliphatic hydroxyl groups is 2. The molecule has 108 valence electrons. The molecule has 9 nitrogen and oxygen atoms in total. The van der Waals surface area contributed by atoms with Crippen LogP contribution in [0.1, 0.15) is 6.23 Å². The smallest absolute Gasteiger partial charge is 0.278 e. The van der Waals surface area contributed by atoms with E-state index in [2.05, 4.69) is 15.0 Å². The molecule has 0 saturated carbocycles. The quantitative estimate of drug-likeness (QED) is 0.618. The predicted molar refractivity (Wildman–Crippen MR) is 65.9 cm³/mol. The second-order valence-electron chi connectivity index (χ2n) is 4.49. The molecule has 0 aromatic carbocycles. The molecule has 1 aliphatic heterocycles. The topological polar surface area (TPSA) is 122 Å². The van der Waals surface area contributed by atoms with Gasteiger partial charge in [0.2, 0.25) is 0 Å². The molecule has 20 heavy (non-hydrogen) atoms. The van der Waals surface area contributed by atoms with Crippen molar-refractivity contribution in [2.24, 2.45) is 0 Å². The lowest BCUT2D eigenvalue weighted by Crippen LogP contribution is -2.35. The van der Waals surface area contributed by atoms with Gasteiger partial charge in [-0.3, -0.25) is 9.36 Å². The van der Waals surface area contributed by atoms with Gasteiger partial charge < -0.3 is 24.7 Å². The fourth-order valence-electron chi connectivity index (χ4n) is 2.44. The highest BCUT2D eigenvalue weighted by Crippen LogP contribution is 2.32. The molecule has 1 fully saturated rings. The Bertz CT molecular complexity index is 668. The van der Waals surface area contributed by atoms with Crippen LogP contribution in [0.15, 0.2) is 17.4 Å². The van der Waals surface area contributed by atoms with Crippen LogP contribution >= 0.6 is 0 Å². The monoisotopic (exact) mass is 282 g/mol. The van der Waals surface area contributed by atoms with Gasteiger partial charge in [0, 0.05) is 7.11 Å². The number of hydrogen-bond donors (Lipinski definition) is 3. The second kappa shape index (κ2) is 4.94. The minimum atomic E-state index is -1.00. The van der Waals surface area contributed by atoms with E-state index in [9.17, 15) is 15.0 Å². The van der Waals surface area contributed by atoms with Crippen LogP contribution < -0.4 is 5.56 Å². The number of hydrogen-bond acceptors (Lipinski definition) is 7. The highest BCUT2D eigenvalue weighted by Gasteiger charge is 2.45. The van der Waals surface area contributed by atoms with E-state index in [1.54, 1.807) is 0 Å². The number of imidazole rings is 1. The average molecular weight is 282 g/mol. The molecule has 1 saturated heterocycles. The number of fused-ring (bicyclic) bond motifs is 1. The van der Waals surface area contributed by atoms with E-state index >= 15 is 0 Å². The lowest BCUT2D eigenvalue weighted by atomic mass is 10.1. The van der Waals surface area contributed by atoms with Crippen LogP contribution in [0.25, 0.3) is 11.2 Å². The maximum absolute atomic E-state index is 11.6. The van der Waals surface area contributed by atoms with Crippen molar-refractivity contribution in [3.8, 4) is 0 Å². The Labute approximate surface area is 112 Å². The number of aromatic amines is 1. The first-order chi connectivity index (χ1) is 9.67. The maximum Gasteiger partial charge on any atom is 0.278 e. The zero-order chi connectivity index (χ0) is 14.3. The molecule has 3 N–H and O–H groups in total. The van der Waals surface area contributed by atoms with E-state index in [0.29, 0.717) is 5.65 Å². The van der Waals surface area contributed by atoms with Crippen molar-refractivity contribution in [2.45, 2.75) is 24.5 Å². The van der Waals surface area contributed by atoms with Crippen LogP contribution in [0.3, 0.4) is 0 Å². The van der Waals surface area contributed by atoms with Crippen molar-refractivity contribution in [1.29, 1.82) is 0 Å². The summed E-state index contributed by atoms with van der Waals surface area (Å²) in [5.41, 5.74) is 0.0826. The van der Waals surface area contributed by atoms with Crippen LogP contribution in [-0.2, 0) is 9.47 Å². The molecule has 2 aromatic rings. The number of methoxy groups -OCH3 is 1. The van der Waals surface area contributed by atoms with Crippen LogP contribution in [0, 0.1) is 0 Å². The number of nitrogens with one attached hydrogen (secondary N) is 1. The van der Waals surface area contributed by atoms with Crippen LogP contribution in [0.5, 0.6) is 0 Å². The Morgan fingerprint density at radius 3 is 3.00 bits per heavy atom. The lowest BCUT2D eigenvalue weighted by molar-refractivity contribution is -0.0535. The molecule has 9 heteroatoms. The first kappa shape index (κ1) is 13.2. The molecule has 3 rings (SSSR count). The zero-order valence-electron chi connectivity index (χ0n) is 10.6. The SMILES string of the molecule is COC1C(O)[C@H](n2cnc3c(=O)[nH]cnc32)O[C@@H]1CO. The third-order valence-corrected chi connectivity index (χ3v) is 3.40. The highest BCUT2D eigenvalue weighted by atomic mass is 16.6. The van der Waals surface area contributed by atoms with Gasteiger partial charge >= 0.3 is 0 Å². The maximum atomic E-state index is 11.6. The largest absolute Gasteiger partial charge is 0.394 e. The average Bonchev–Trinajstić information content (AvgIpc) is 3.00. The summed E-state index contributed by atoms with van der Waals surface area (Å²) in [4.78, 5) is 22.0.